The number of ether oxygens (including phenoxy) is 1. The number of rotatable bonds is 3. The molecule has 1 aromatic rings. The van der Waals surface area contributed by atoms with Gasteiger partial charge < -0.3 is 10.1 Å². The van der Waals surface area contributed by atoms with Crippen LogP contribution in [0.5, 0.6) is 5.75 Å². The molecule has 0 bridgehead atoms. The van der Waals surface area contributed by atoms with Crippen molar-refractivity contribution in [1.29, 1.82) is 0 Å². The molecule has 3 heteroatoms. The Hall–Kier alpha value is -0.730. The van der Waals surface area contributed by atoms with Crippen molar-refractivity contribution in [3.8, 4) is 5.75 Å². The van der Waals surface area contributed by atoms with Crippen molar-refractivity contribution in [2.75, 3.05) is 13.7 Å². The molecule has 2 rings (SSSR count). The maximum Gasteiger partial charge on any atom is 0.122 e. The lowest BCUT2D eigenvalue weighted by atomic mass is 10.0. The highest BCUT2D eigenvalue weighted by molar-refractivity contribution is 6.31. The number of aryl methyl sites for hydroxylation is 1. The molecule has 1 saturated heterocycles. The van der Waals surface area contributed by atoms with E-state index in [0.29, 0.717) is 6.04 Å². The highest BCUT2D eigenvalue weighted by Gasteiger charge is 2.17. The minimum atomic E-state index is 0.577. The second kappa shape index (κ2) is 5.07. The molecule has 1 heterocycles. The third-order valence-corrected chi connectivity index (χ3v) is 3.60. The molecule has 1 aliphatic heterocycles. The van der Waals surface area contributed by atoms with Crippen LogP contribution in [-0.4, -0.2) is 19.7 Å². The van der Waals surface area contributed by atoms with Crippen molar-refractivity contribution in [3.05, 3.63) is 28.3 Å². The van der Waals surface area contributed by atoms with Crippen LogP contribution in [0.2, 0.25) is 5.02 Å². The second-order valence-electron chi connectivity index (χ2n) is 4.41. The maximum absolute atomic E-state index is 6.15. The van der Waals surface area contributed by atoms with Gasteiger partial charge in [-0.05, 0) is 56.0 Å². The Morgan fingerprint density at radius 2 is 2.31 bits per heavy atom. The van der Waals surface area contributed by atoms with Gasteiger partial charge >= 0.3 is 0 Å². The first-order valence-electron chi connectivity index (χ1n) is 5.77. The fourth-order valence-electron chi connectivity index (χ4n) is 2.24. The van der Waals surface area contributed by atoms with Crippen molar-refractivity contribution in [3.63, 3.8) is 0 Å². The Morgan fingerprint density at radius 1 is 1.50 bits per heavy atom. The number of hydrogen-bond donors (Lipinski definition) is 1. The molecule has 1 unspecified atom stereocenters. The van der Waals surface area contributed by atoms with E-state index < -0.39 is 0 Å². The zero-order valence-electron chi connectivity index (χ0n) is 9.85. The normalized spacial score (nSPS) is 20.1. The largest absolute Gasteiger partial charge is 0.496 e. The lowest BCUT2D eigenvalue weighted by Gasteiger charge is -2.14. The van der Waals surface area contributed by atoms with E-state index >= 15 is 0 Å². The summed E-state index contributed by atoms with van der Waals surface area (Å²) in [7, 11) is 1.72. The van der Waals surface area contributed by atoms with E-state index in [0.717, 1.165) is 29.3 Å². The predicted molar refractivity (Wildman–Crippen MR) is 67.5 cm³/mol. The molecule has 0 aliphatic carbocycles. The van der Waals surface area contributed by atoms with Gasteiger partial charge in [0.05, 0.1) is 7.11 Å². The van der Waals surface area contributed by atoms with Gasteiger partial charge in [0.25, 0.3) is 0 Å². The molecule has 0 radical (unpaired) electrons. The van der Waals surface area contributed by atoms with Gasteiger partial charge in [-0.1, -0.05) is 11.6 Å². The topological polar surface area (TPSA) is 21.3 Å². The molecule has 0 amide bonds. The summed E-state index contributed by atoms with van der Waals surface area (Å²) in [6, 6.07) is 4.63. The monoisotopic (exact) mass is 239 g/mol. The minimum absolute atomic E-state index is 0.577. The molecule has 0 aromatic heterocycles. The van der Waals surface area contributed by atoms with Gasteiger partial charge in [0.15, 0.2) is 0 Å². The van der Waals surface area contributed by atoms with E-state index in [1.807, 2.05) is 19.1 Å². The minimum Gasteiger partial charge on any atom is -0.496 e. The fourth-order valence-corrected chi connectivity index (χ4v) is 2.43. The van der Waals surface area contributed by atoms with Gasteiger partial charge in [0.1, 0.15) is 5.75 Å². The van der Waals surface area contributed by atoms with Gasteiger partial charge in [-0.25, -0.2) is 0 Å². The molecule has 1 aliphatic rings. The first-order chi connectivity index (χ1) is 7.70. The third kappa shape index (κ3) is 2.50. The van der Waals surface area contributed by atoms with Crippen LogP contribution in [0.3, 0.4) is 0 Å². The van der Waals surface area contributed by atoms with Crippen molar-refractivity contribution < 1.29 is 4.74 Å². The second-order valence-corrected chi connectivity index (χ2v) is 4.82. The van der Waals surface area contributed by atoms with Crippen LogP contribution >= 0.6 is 11.6 Å². The molecule has 1 N–H and O–H groups in total. The summed E-state index contributed by atoms with van der Waals surface area (Å²) in [5, 5.41) is 4.32. The van der Waals surface area contributed by atoms with Crippen LogP contribution in [0.15, 0.2) is 12.1 Å². The van der Waals surface area contributed by atoms with Crippen molar-refractivity contribution in [1.82, 2.24) is 5.32 Å². The van der Waals surface area contributed by atoms with Crippen LogP contribution in [0.25, 0.3) is 0 Å². The van der Waals surface area contributed by atoms with E-state index in [-0.39, 0.29) is 0 Å². The van der Waals surface area contributed by atoms with E-state index in [1.54, 1.807) is 7.11 Å². The number of methoxy groups -OCH3 is 1. The average molecular weight is 240 g/mol. The zero-order valence-corrected chi connectivity index (χ0v) is 10.6. The Labute approximate surface area is 102 Å². The van der Waals surface area contributed by atoms with Crippen LogP contribution in [0.1, 0.15) is 24.0 Å². The third-order valence-electron chi connectivity index (χ3n) is 3.19. The summed E-state index contributed by atoms with van der Waals surface area (Å²) in [6.07, 6.45) is 3.52. The molecule has 0 saturated carbocycles. The summed E-state index contributed by atoms with van der Waals surface area (Å²) in [5.41, 5.74) is 2.28. The van der Waals surface area contributed by atoms with Crippen LogP contribution in [0.4, 0.5) is 0 Å². The summed E-state index contributed by atoms with van der Waals surface area (Å²) in [6.45, 7) is 3.13. The van der Waals surface area contributed by atoms with Gasteiger partial charge in [0.2, 0.25) is 0 Å². The number of hydrogen-bond acceptors (Lipinski definition) is 2. The Kier molecular flexibility index (Phi) is 3.72. The maximum atomic E-state index is 6.15. The predicted octanol–water partition coefficient (Wildman–Crippen LogP) is 2.95. The number of nitrogens with one attached hydrogen (secondary N) is 1. The molecule has 0 spiro atoms. The molecule has 1 atom stereocenters. The lowest BCUT2D eigenvalue weighted by molar-refractivity contribution is 0.406. The quantitative estimate of drug-likeness (QED) is 0.876. The average Bonchev–Trinajstić information content (AvgIpc) is 2.76. The van der Waals surface area contributed by atoms with Gasteiger partial charge in [0, 0.05) is 11.1 Å². The molecule has 1 aromatic carbocycles. The highest BCUT2D eigenvalue weighted by atomic mass is 35.5. The van der Waals surface area contributed by atoms with Gasteiger partial charge in [-0.2, -0.15) is 0 Å². The van der Waals surface area contributed by atoms with E-state index in [4.69, 9.17) is 16.3 Å². The van der Waals surface area contributed by atoms with Crippen molar-refractivity contribution >= 4 is 11.6 Å². The Morgan fingerprint density at radius 3 is 2.94 bits per heavy atom. The molecule has 88 valence electrons. The van der Waals surface area contributed by atoms with E-state index in [9.17, 15) is 0 Å². The molecule has 16 heavy (non-hydrogen) atoms. The molecular formula is C13H18ClNO. The number of halogens is 1. The standard InChI is InChI=1S/C13H18ClNO/c1-9-6-13(16-2)10(8-12(9)14)7-11-4-3-5-15-11/h6,8,11,15H,3-5,7H2,1-2H3. The van der Waals surface area contributed by atoms with Crippen LogP contribution in [-0.2, 0) is 6.42 Å². The van der Waals surface area contributed by atoms with Gasteiger partial charge in [-0.3, -0.25) is 0 Å². The van der Waals surface area contributed by atoms with Crippen molar-refractivity contribution in [2.45, 2.75) is 32.2 Å². The van der Waals surface area contributed by atoms with E-state index in [1.165, 1.54) is 18.4 Å². The van der Waals surface area contributed by atoms with E-state index in [2.05, 4.69) is 5.32 Å². The van der Waals surface area contributed by atoms with Crippen molar-refractivity contribution in [2.24, 2.45) is 0 Å². The summed E-state index contributed by atoms with van der Waals surface area (Å²) in [4.78, 5) is 0. The molecule has 2 nitrogen and oxygen atoms in total. The zero-order chi connectivity index (χ0) is 11.5. The SMILES string of the molecule is COc1cc(C)c(Cl)cc1CC1CCCN1. The number of benzene rings is 1. The first kappa shape index (κ1) is 11.7. The lowest BCUT2D eigenvalue weighted by Crippen LogP contribution is -2.23. The van der Waals surface area contributed by atoms with Gasteiger partial charge in [-0.15, -0.1) is 0 Å². The molecule has 1 fully saturated rings. The highest BCUT2D eigenvalue weighted by Crippen LogP contribution is 2.28. The summed E-state index contributed by atoms with van der Waals surface area (Å²) in [5.74, 6) is 0.954. The Balaban J connectivity index is 2.20. The smallest absolute Gasteiger partial charge is 0.122 e. The van der Waals surface area contributed by atoms with Crippen LogP contribution < -0.4 is 10.1 Å². The first-order valence-corrected chi connectivity index (χ1v) is 6.15. The summed E-state index contributed by atoms with van der Waals surface area (Å²) >= 11 is 6.15. The van der Waals surface area contributed by atoms with Crippen LogP contribution in [0, 0.1) is 6.92 Å². The molecular weight excluding hydrogens is 222 g/mol. The fraction of sp³-hybridized carbons (Fsp3) is 0.538. The summed E-state index contributed by atoms with van der Waals surface area (Å²) < 4.78 is 5.41. The Bertz CT molecular complexity index is 372.